The van der Waals surface area contributed by atoms with Crippen molar-refractivity contribution in [3.63, 3.8) is 0 Å². The fourth-order valence-electron chi connectivity index (χ4n) is 2.37. The summed E-state index contributed by atoms with van der Waals surface area (Å²) in [7, 11) is 0. The fourth-order valence-corrected chi connectivity index (χ4v) is 2.37. The molecule has 1 aliphatic heterocycles. The van der Waals surface area contributed by atoms with E-state index in [4.69, 9.17) is 4.52 Å². The molecule has 1 aliphatic rings. The van der Waals surface area contributed by atoms with Crippen LogP contribution in [0.1, 0.15) is 50.9 Å². The number of likely N-dealkylation sites (N-methyl/N-ethyl adjacent to an activating group) is 1. The van der Waals surface area contributed by atoms with Crippen LogP contribution in [0.4, 0.5) is 0 Å². The van der Waals surface area contributed by atoms with Crippen LogP contribution in [-0.2, 0) is 6.42 Å². The number of aromatic nitrogens is 2. The maximum absolute atomic E-state index is 5.36. The minimum absolute atomic E-state index is 0.272. The van der Waals surface area contributed by atoms with Gasteiger partial charge in [-0.2, -0.15) is 4.98 Å². The summed E-state index contributed by atoms with van der Waals surface area (Å²) in [5, 5.41) is 7.51. The second-order valence-corrected chi connectivity index (χ2v) is 4.83. The van der Waals surface area contributed by atoms with Gasteiger partial charge in [0.25, 0.3) is 0 Å². The predicted molar refractivity (Wildman–Crippen MR) is 70.4 cm³/mol. The van der Waals surface area contributed by atoms with E-state index in [-0.39, 0.29) is 6.04 Å². The molecule has 2 rings (SSSR count). The molecule has 0 radical (unpaired) electrons. The maximum Gasteiger partial charge on any atom is 0.243 e. The first-order valence-electron chi connectivity index (χ1n) is 7.11. The summed E-state index contributed by atoms with van der Waals surface area (Å²) in [4.78, 5) is 6.88. The van der Waals surface area contributed by atoms with Gasteiger partial charge in [0.05, 0.1) is 6.04 Å². The molecule has 0 saturated carbocycles. The van der Waals surface area contributed by atoms with Gasteiger partial charge in [-0.3, -0.25) is 0 Å². The molecule has 1 aromatic heterocycles. The quantitative estimate of drug-likeness (QED) is 0.836. The Morgan fingerprint density at radius 2 is 2.17 bits per heavy atom. The molecule has 0 bridgehead atoms. The standard InChI is InChI=1S/C13H24N4O/c1-3-17(4-2)10-8-12-15-13(18-16-12)11-7-5-6-9-14-11/h11,14H,3-10H2,1-2H3/t11-/m1/s1. The lowest BCUT2D eigenvalue weighted by Gasteiger charge is -2.19. The molecule has 0 amide bonds. The van der Waals surface area contributed by atoms with Crippen LogP contribution in [0, 0.1) is 0 Å². The Labute approximate surface area is 109 Å². The van der Waals surface area contributed by atoms with Crippen molar-refractivity contribution in [2.24, 2.45) is 0 Å². The number of nitrogens with zero attached hydrogens (tertiary/aromatic N) is 3. The van der Waals surface area contributed by atoms with E-state index in [1.807, 2.05) is 0 Å². The second kappa shape index (κ2) is 6.85. The molecular weight excluding hydrogens is 228 g/mol. The zero-order chi connectivity index (χ0) is 12.8. The fraction of sp³-hybridized carbons (Fsp3) is 0.846. The van der Waals surface area contributed by atoms with Crippen molar-refractivity contribution in [1.82, 2.24) is 20.4 Å². The molecule has 102 valence electrons. The highest BCUT2D eigenvalue weighted by Gasteiger charge is 2.20. The summed E-state index contributed by atoms with van der Waals surface area (Å²) < 4.78 is 5.36. The van der Waals surface area contributed by atoms with Crippen LogP contribution in [0.3, 0.4) is 0 Å². The lowest BCUT2D eigenvalue weighted by molar-refractivity contribution is 0.290. The Balaban J connectivity index is 1.85. The topological polar surface area (TPSA) is 54.2 Å². The largest absolute Gasteiger partial charge is 0.338 e. The van der Waals surface area contributed by atoms with Gasteiger partial charge in [-0.15, -0.1) is 0 Å². The number of hydrogen-bond donors (Lipinski definition) is 1. The van der Waals surface area contributed by atoms with E-state index in [0.717, 1.165) is 50.7 Å². The monoisotopic (exact) mass is 252 g/mol. The van der Waals surface area contributed by atoms with Crippen molar-refractivity contribution >= 4 is 0 Å². The van der Waals surface area contributed by atoms with Crippen molar-refractivity contribution in [2.75, 3.05) is 26.2 Å². The van der Waals surface area contributed by atoms with Gasteiger partial charge in [-0.05, 0) is 32.5 Å². The highest BCUT2D eigenvalue weighted by Crippen LogP contribution is 2.21. The maximum atomic E-state index is 5.36. The van der Waals surface area contributed by atoms with Gasteiger partial charge in [-0.25, -0.2) is 0 Å². The van der Waals surface area contributed by atoms with Gasteiger partial charge < -0.3 is 14.7 Å². The average Bonchev–Trinajstić information content (AvgIpc) is 2.90. The van der Waals surface area contributed by atoms with Crippen LogP contribution in [0.25, 0.3) is 0 Å². The number of nitrogens with one attached hydrogen (secondary N) is 1. The first-order chi connectivity index (χ1) is 8.83. The lowest BCUT2D eigenvalue weighted by Crippen LogP contribution is -2.27. The Kier molecular flexibility index (Phi) is 5.13. The molecule has 1 saturated heterocycles. The van der Waals surface area contributed by atoms with Gasteiger partial charge in [0.15, 0.2) is 5.82 Å². The van der Waals surface area contributed by atoms with E-state index in [0.29, 0.717) is 0 Å². The third kappa shape index (κ3) is 3.53. The highest BCUT2D eigenvalue weighted by atomic mass is 16.5. The van der Waals surface area contributed by atoms with Crippen LogP contribution < -0.4 is 5.32 Å². The lowest BCUT2D eigenvalue weighted by atomic mass is 10.1. The summed E-state index contributed by atoms with van der Waals surface area (Å²) in [6.45, 7) is 8.57. The van der Waals surface area contributed by atoms with E-state index in [1.54, 1.807) is 0 Å². The Bertz CT molecular complexity index is 343. The van der Waals surface area contributed by atoms with Crippen molar-refractivity contribution in [3.8, 4) is 0 Å². The van der Waals surface area contributed by atoms with Crippen LogP contribution in [0.2, 0.25) is 0 Å². The molecule has 5 heteroatoms. The van der Waals surface area contributed by atoms with Crippen LogP contribution in [0.5, 0.6) is 0 Å². The summed E-state index contributed by atoms with van der Waals surface area (Å²) in [6, 6.07) is 0.272. The van der Waals surface area contributed by atoms with E-state index in [2.05, 4.69) is 34.2 Å². The molecule has 2 heterocycles. The first kappa shape index (κ1) is 13.5. The number of hydrogen-bond acceptors (Lipinski definition) is 5. The molecule has 0 aliphatic carbocycles. The third-order valence-electron chi connectivity index (χ3n) is 3.64. The Morgan fingerprint density at radius 3 is 2.83 bits per heavy atom. The van der Waals surface area contributed by atoms with E-state index in [1.165, 1.54) is 12.8 Å². The number of rotatable bonds is 6. The van der Waals surface area contributed by atoms with Crippen LogP contribution in [-0.4, -0.2) is 41.2 Å². The molecule has 1 fully saturated rings. The van der Waals surface area contributed by atoms with Crippen LogP contribution in [0.15, 0.2) is 4.52 Å². The van der Waals surface area contributed by atoms with Crippen LogP contribution >= 0.6 is 0 Å². The van der Waals surface area contributed by atoms with E-state index < -0.39 is 0 Å². The van der Waals surface area contributed by atoms with Gasteiger partial charge in [0, 0.05) is 13.0 Å². The molecule has 0 spiro atoms. The van der Waals surface area contributed by atoms with Gasteiger partial charge in [-0.1, -0.05) is 25.4 Å². The molecule has 1 N–H and O–H groups in total. The molecular formula is C13H24N4O. The van der Waals surface area contributed by atoms with Crippen molar-refractivity contribution < 1.29 is 4.52 Å². The Morgan fingerprint density at radius 1 is 1.33 bits per heavy atom. The number of piperidine rings is 1. The van der Waals surface area contributed by atoms with Gasteiger partial charge in [0.2, 0.25) is 5.89 Å². The minimum atomic E-state index is 0.272. The predicted octanol–water partition coefficient (Wildman–Crippen LogP) is 1.77. The van der Waals surface area contributed by atoms with E-state index >= 15 is 0 Å². The molecule has 1 aromatic rings. The molecule has 0 unspecified atom stereocenters. The zero-order valence-electron chi connectivity index (χ0n) is 11.5. The smallest absolute Gasteiger partial charge is 0.243 e. The zero-order valence-corrected chi connectivity index (χ0v) is 11.5. The third-order valence-corrected chi connectivity index (χ3v) is 3.64. The summed E-state index contributed by atoms with van der Waals surface area (Å²) >= 11 is 0. The van der Waals surface area contributed by atoms with Crippen molar-refractivity contribution in [2.45, 2.75) is 45.6 Å². The van der Waals surface area contributed by atoms with Crippen molar-refractivity contribution in [3.05, 3.63) is 11.7 Å². The van der Waals surface area contributed by atoms with Gasteiger partial charge in [0.1, 0.15) is 0 Å². The molecule has 1 atom stereocenters. The highest BCUT2D eigenvalue weighted by molar-refractivity contribution is 4.94. The molecule has 5 nitrogen and oxygen atoms in total. The Hall–Kier alpha value is -0.940. The second-order valence-electron chi connectivity index (χ2n) is 4.83. The normalized spacial score (nSPS) is 20.5. The molecule has 0 aromatic carbocycles. The SMILES string of the molecule is CCN(CC)CCc1noc([C@H]2CCCCN2)n1. The average molecular weight is 252 g/mol. The molecule has 18 heavy (non-hydrogen) atoms. The summed E-state index contributed by atoms with van der Waals surface area (Å²) in [6.07, 6.45) is 4.48. The summed E-state index contributed by atoms with van der Waals surface area (Å²) in [5.74, 6) is 1.61. The van der Waals surface area contributed by atoms with E-state index in [9.17, 15) is 0 Å². The minimum Gasteiger partial charge on any atom is -0.338 e. The van der Waals surface area contributed by atoms with Gasteiger partial charge >= 0.3 is 0 Å². The summed E-state index contributed by atoms with van der Waals surface area (Å²) in [5.41, 5.74) is 0. The van der Waals surface area contributed by atoms with Crippen molar-refractivity contribution in [1.29, 1.82) is 0 Å². The first-order valence-corrected chi connectivity index (χ1v) is 7.11.